The van der Waals surface area contributed by atoms with E-state index in [0.29, 0.717) is 31.9 Å². The molecule has 2 aromatic rings. The second-order valence-electron chi connectivity index (χ2n) is 5.48. The average molecular weight is 335 g/mol. The van der Waals surface area contributed by atoms with Crippen LogP contribution in [0.2, 0.25) is 0 Å². The number of carbonyl (C=O) groups is 1. The molecule has 0 unspecified atom stereocenters. The second kappa shape index (κ2) is 6.82. The number of anilines is 2. The summed E-state index contributed by atoms with van der Waals surface area (Å²) in [6.07, 6.45) is 0. The van der Waals surface area contributed by atoms with Crippen molar-refractivity contribution in [1.29, 1.82) is 0 Å². The SMILES string of the molecule is O=C(Nc1ccccc1F)N1CCN(c2ccc(F)cc2F)CC1. The van der Waals surface area contributed by atoms with E-state index in [-0.39, 0.29) is 5.69 Å². The summed E-state index contributed by atoms with van der Waals surface area (Å²) in [5.74, 6) is -1.75. The van der Waals surface area contributed by atoms with E-state index in [9.17, 15) is 18.0 Å². The van der Waals surface area contributed by atoms with Gasteiger partial charge >= 0.3 is 6.03 Å². The minimum atomic E-state index is -0.626. The van der Waals surface area contributed by atoms with Crippen molar-refractivity contribution >= 4 is 17.4 Å². The van der Waals surface area contributed by atoms with E-state index >= 15 is 0 Å². The molecule has 2 amide bonds. The summed E-state index contributed by atoms with van der Waals surface area (Å²) in [5.41, 5.74) is 0.431. The first-order valence-electron chi connectivity index (χ1n) is 7.55. The minimum absolute atomic E-state index is 0.120. The third-order valence-electron chi connectivity index (χ3n) is 3.93. The number of nitrogens with one attached hydrogen (secondary N) is 1. The Morgan fingerprint density at radius 1 is 0.917 bits per heavy atom. The number of halogens is 3. The molecule has 1 heterocycles. The third-order valence-corrected chi connectivity index (χ3v) is 3.93. The molecule has 0 atom stereocenters. The molecule has 4 nitrogen and oxygen atoms in total. The van der Waals surface area contributed by atoms with E-state index in [2.05, 4.69) is 5.32 Å². The molecule has 24 heavy (non-hydrogen) atoms. The molecule has 1 aliphatic heterocycles. The third kappa shape index (κ3) is 3.45. The smallest absolute Gasteiger partial charge is 0.322 e. The van der Waals surface area contributed by atoms with Crippen LogP contribution in [0.3, 0.4) is 0 Å². The van der Waals surface area contributed by atoms with Gasteiger partial charge in [-0.2, -0.15) is 0 Å². The lowest BCUT2D eigenvalue weighted by Crippen LogP contribution is -2.50. The topological polar surface area (TPSA) is 35.6 Å². The van der Waals surface area contributed by atoms with Crippen molar-refractivity contribution in [2.24, 2.45) is 0 Å². The van der Waals surface area contributed by atoms with Gasteiger partial charge in [-0.3, -0.25) is 0 Å². The Morgan fingerprint density at radius 3 is 2.29 bits per heavy atom. The lowest BCUT2D eigenvalue weighted by Gasteiger charge is -2.36. The number of hydrogen-bond donors (Lipinski definition) is 1. The van der Waals surface area contributed by atoms with Gasteiger partial charge in [0.15, 0.2) is 0 Å². The zero-order valence-corrected chi connectivity index (χ0v) is 12.8. The number of para-hydroxylation sites is 1. The van der Waals surface area contributed by atoms with Gasteiger partial charge < -0.3 is 15.1 Å². The predicted molar refractivity (Wildman–Crippen MR) is 85.6 cm³/mol. The van der Waals surface area contributed by atoms with Gasteiger partial charge in [0.05, 0.1) is 11.4 Å². The number of benzene rings is 2. The van der Waals surface area contributed by atoms with Gasteiger partial charge in [0.1, 0.15) is 17.5 Å². The van der Waals surface area contributed by atoms with Gasteiger partial charge in [-0.25, -0.2) is 18.0 Å². The van der Waals surface area contributed by atoms with Crippen molar-refractivity contribution in [3.05, 3.63) is 59.9 Å². The summed E-state index contributed by atoms with van der Waals surface area (Å²) in [6.45, 7) is 1.54. The number of rotatable bonds is 2. The number of nitrogens with zero attached hydrogens (tertiary/aromatic N) is 2. The molecule has 1 N–H and O–H groups in total. The maximum Gasteiger partial charge on any atom is 0.322 e. The fourth-order valence-electron chi connectivity index (χ4n) is 2.65. The summed E-state index contributed by atoms with van der Waals surface area (Å²) >= 11 is 0. The van der Waals surface area contributed by atoms with Gasteiger partial charge in [0.2, 0.25) is 0 Å². The normalized spacial score (nSPS) is 14.6. The first kappa shape index (κ1) is 16.2. The molecule has 0 aliphatic carbocycles. The molecule has 0 bridgehead atoms. The second-order valence-corrected chi connectivity index (χ2v) is 5.48. The van der Waals surface area contributed by atoms with Gasteiger partial charge in [0, 0.05) is 32.2 Å². The van der Waals surface area contributed by atoms with Crippen molar-refractivity contribution in [3.8, 4) is 0 Å². The van der Waals surface area contributed by atoms with E-state index in [1.165, 1.54) is 29.2 Å². The van der Waals surface area contributed by atoms with E-state index in [1.54, 1.807) is 17.0 Å². The number of amides is 2. The van der Waals surface area contributed by atoms with Crippen LogP contribution in [-0.2, 0) is 0 Å². The van der Waals surface area contributed by atoms with Crippen LogP contribution in [0.4, 0.5) is 29.3 Å². The Labute approximate surface area is 137 Å². The van der Waals surface area contributed by atoms with Crippen LogP contribution < -0.4 is 10.2 Å². The molecule has 2 aromatic carbocycles. The van der Waals surface area contributed by atoms with E-state index in [4.69, 9.17) is 0 Å². The van der Waals surface area contributed by atoms with Crippen LogP contribution in [0.25, 0.3) is 0 Å². The molecule has 0 saturated carbocycles. The molecular weight excluding hydrogens is 319 g/mol. The van der Waals surface area contributed by atoms with Gasteiger partial charge in [-0.1, -0.05) is 12.1 Å². The highest BCUT2D eigenvalue weighted by atomic mass is 19.1. The number of hydrogen-bond acceptors (Lipinski definition) is 2. The molecule has 3 rings (SSSR count). The number of carbonyl (C=O) groups excluding carboxylic acids is 1. The Morgan fingerprint density at radius 2 is 1.62 bits per heavy atom. The average Bonchev–Trinajstić information content (AvgIpc) is 2.57. The highest BCUT2D eigenvalue weighted by Gasteiger charge is 2.23. The van der Waals surface area contributed by atoms with Crippen LogP contribution in [0, 0.1) is 17.5 Å². The fourth-order valence-corrected chi connectivity index (χ4v) is 2.65. The Balaban J connectivity index is 1.60. The summed E-state index contributed by atoms with van der Waals surface area (Å²) < 4.78 is 40.3. The molecule has 0 spiro atoms. The highest BCUT2D eigenvalue weighted by molar-refractivity contribution is 5.89. The lowest BCUT2D eigenvalue weighted by atomic mass is 10.2. The largest absolute Gasteiger partial charge is 0.366 e. The molecule has 1 fully saturated rings. The van der Waals surface area contributed by atoms with Crippen LogP contribution in [-0.4, -0.2) is 37.1 Å². The van der Waals surface area contributed by atoms with E-state index in [1.807, 2.05) is 0 Å². The molecule has 1 saturated heterocycles. The van der Waals surface area contributed by atoms with Crippen molar-refractivity contribution in [3.63, 3.8) is 0 Å². The zero-order chi connectivity index (χ0) is 17.1. The molecular formula is C17H16F3N3O. The molecule has 0 aromatic heterocycles. The minimum Gasteiger partial charge on any atom is -0.366 e. The molecule has 126 valence electrons. The standard InChI is InChI=1S/C17H16F3N3O/c18-12-5-6-16(14(20)11-12)22-7-9-23(10-8-22)17(24)21-15-4-2-1-3-13(15)19/h1-6,11H,7-10H2,(H,21,24). The maximum atomic E-state index is 13.8. The number of piperazine rings is 1. The van der Waals surface area contributed by atoms with Crippen LogP contribution in [0.1, 0.15) is 0 Å². The summed E-state index contributed by atoms with van der Waals surface area (Å²) in [5, 5.41) is 2.52. The Hall–Kier alpha value is -2.70. The van der Waals surface area contributed by atoms with Crippen LogP contribution in [0.5, 0.6) is 0 Å². The van der Waals surface area contributed by atoms with Crippen molar-refractivity contribution in [1.82, 2.24) is 4.90 Å². The monoisotopic (exact) mass is 335 g/mol. The van der Waals surface area contributed by atoms with Crippen molar-refractivity contribution in [2.75, 3.05) is 36.4 Å². The maximum absolute atomic E-state index is 13.8. The molecule has 1 aliphatic rings. The molecule has 7 heteroatoms. The fraction of sp³-hybridized carbons (Fsp3) is 0.235. The Kier molecular flexibility index (Phi) is 4.59. The van der Waals surface area contributed by atoms with E-state index in [0.717, 1.165) is 6.07 Å². The Bertz CT molecular complexity index is 746. The lowest BCUT2D eigenvalue weighted by molar-refractivity contribution is 0.208. The summed E-state index contributed by atoms with van der Waals surface area (Å²) in [6, 6.07) is 8.96. The zero-order valence-electron chi connectivity index (χ0n) is 12.8. The molecule has 0 radical (unpaired) electrons. The summed E-state index contributed by atoms with van der Waals surface area (Å²) in [7, 11) is 0. The van der Waals surface area contributed by atoms with Crippen LogP contribution in [0.15, 0.2) is 42.5 Å². The number of urea groups is 1. The predicted octanol–water partition coefficient (Wildman–Crippen LogP) is 3.46. The first-order chi connectivity index (χ1) is 11.5. The summed E-state index contributed by atoms with van der Waals surface area (Å²) in [4.78, 5) is 15.5. The quantitative estimate of drug-likeness (QED) is 0.912. The van der Waals surface area contributed by atoms with Crippen LogP contribution >= 0.6 is 0 Å². The van der Waals surface area contributed by atoms with Gasteiger partial charge in [0.25, 0.3) is 0 Å². The van der Waals surface area contributed by atoms with Crippen molar-refractivity contribution < 1.29 is 18.0 Å². The first-order valence-corrected chi connectivity index (χ1v) is 7.55. The van der Waals surface area contributed by atoms with Gasteiger partial charge in [-0.05, 0) is 24.3 Å². The van der Waals surface area contributed by atoms with Crippen molar-refractivity contribution in [2.45, 2.75) is 0 Å². The highest BCUT2D eigenvalue weighted by Crippen LogP contribution is 2.22. The van der Waals surface area contributed by atoms with E-state index < -0.39 is 23.5 Å². The van der Waals surface area contributed by atoms with Gasteiger partial charge in [-0.15, -0.1) is 0 Å².